The van der Waals surface area contributed by atoms with Crippen LogP contribution in [-0.4, -0.2) is 28.8 Å². The van der Waals surface area contributed by atoms with E-state index in [4.69, 9.17) is 9.15 Å². The third-order valence-corrected chi connectivity index (χ3v) is 2.62. The van der Waals surface area contributed by atoms with Crippen molar-refractivity contribution in [2.45, 2.75) is 13.5 Å². The lowest BCUT2D eigenvalue weighted by molar-refractivity contribution is -0.385. The predicted octanol–water partition coefficient (Wildman–Crippen LogP) is 1.76. The molecule has 8 heteroatoms. The van der Waals surface area contributed by atoms with E-state index in [1.807, 2.05) is 6.92 Å². The van der Waals surface area contributed by atoms with Gasteiger partial charge < -0.3 is 14.5 Å². The van der Waals surface area contributed by atoms with Gasteiger partial charge in [0.05, 0.1) is 18.6 Å². The normalized spacial score (nSPS) is 10.5. The highest BCUT2D eigenvalue weighted by molar-refractivity contribution is 5.61. The summed E-state index contributed by atoms with van der Waals surface area (Å²) < 4.78 is 10.5. The van der Waals surface area contributed by atoms with Crippen LogP contribution < -0.4 is 10.1 Å². The van der Waals surface area contributed by atoms with Crippen LogP contribution in [0.1, 0.15) is 12.8 Å². The highest BCUT2D eigenvalue weighted by Gasteiger charge is 2.17. The van der Waals surface area contributed by atoms with Crippen LogP contribution in [0.4, 0.5) is 5.69 Å². The number of aromatic nitrogens is 2. The van der Waals surface area contributed by atoms with Gasteiger partial charge in [-0.1, -0.05) is 6.92 Å². The van der Waals surface area contributed by atoms with Crippen molar-refractivity contribution < 1.29 is 14.1 Å². The molecule has 1 heterocycles. The molecule has 0 spiro atoms. The van der Waals surface area contributed by atoms with Crippen molar-refractivity contribution in [3.8, 4) is 17.2 Å². The van der Waals surface area contributed by atoms with E-state index in [2.05, 4.69) is 15.5 Å². The molecular formula is C12H14N4O4. The van der Waals surface area contributed by atoms with Crippen molar-refractivity contribution >= 4 is 5.69 Å². The Labute approximate surface area is 114 Å². The Morgan fingerprint density at radius 2 is 2.25 bits per heavy atom. The zero-order valence-electron chi connectivity index (χ0n) is 11.1. The number of methoxy groups -OCH3 is 1. The summed E-state index contributed by atoms with van der Waals surface area (Å²) in [5, 5.41) is 21.7. The van der Waals surface area contributed by atoms with Gasteiger partial charge in [0.25, 0.3) is 0 Å². The number of hydrogen-bond donors (Lipinski definition) is 1. The molecule has 0 atom stereocenters. The number of rotatable bonds is 6. The molecule has 2 aromatic rings. The summed E-state index contributed by atoms with van der Waals surface area (Å²) in [6.07, 6.45) is 0. The van der Waals surface area contributed by atoms with Gasteiger partial charge in [-0.15, -0.1) is 10.2 Å². The predicted molar refractivity (Wildman–Crippen MR) is 70.3 cm³/mol. The molecule has 2 rings (SSSR count). The van der Waals surface area contributed by atoms with Crippen molar-refractivity contribution in [1.82, 2.24) is 15.5 Å². The lowest BCUT2D eigenvalue weighted by atomic mass is 10.2. The third kappa shape index (κ3) is 2.91. The van der Waals surface area contributed by atoms with E-state index < -0.39 is 4.92 Å². The maximum atomic E-state index is 10.8. The Morgan fingerprint density at radius 1 is 1.45 bits per heavy atom. The minimum atomic E-state index is -0.507. The van der Waals surface area contributed by atoms with Crippen molar-refractivity contribution in [3.63, 3.8) is 0 Å². The first kappa shape index (κ1) is 13.9. The Balaban J connectivity index is 2.28. The monoisotopic (exact) mass is 278 g/mol. The SMILES string of the molecule is CCNCc1nnc(-c2ccc([N+](=O)[O-])c(OC)c2)o1. The van der Waals surface area contributed by atoms with Crippen molar-refractivity contribution in [1.29, 1.82) is 0 Å². The van der Waals surface area contributed by atoms with Gasteiger partial charge in [-0.2, -0.15) is 0 Å². The molecule has 0 aliphatic carbocycles. The zero-order valence-corrected chi connectivity index (χ0v) is 11.1. The molecular weight excluding hydrogens is 264 g/mol. The lowest BCUT2D eigenvalue weighted by Gasteiger charge is -2.02. The van der Waals surface area contributed by atoms with Crippen LogP contribution in [-0.2, 0) is 6.54 Å². The van der Waals surface area contributed by atoms with E-state index in [9.17, 15) is 10.1 Å². The van der Waals surface area contributed by atoms with E-state index in [0.29, 0.717) is 23.9 Å². The molecule has 1 aromatic heterocycles. The van der Waals surface area contributed by atoms with Crippen LogP contribution in [0.5, 0.6) is 5.75 Å². The topological polar surface area (TPSA) is 103 Å². The molecule has 0 unspecified atom stereocenters. The van der Waals surface area contributed by atoms with Crippen molar-refractivity contribution in [2.75, 3.05) is 13.7 Å². The summed E-state index contributed by atoms with van der Waals surface area (Å²) in [5.41, 5.74) is 0.464. The van der Waals surface area contributed by atoms with Gasteiger partial charge in [-0.25, -0.2) is 0 Å². The molecule has 0 aliphatic rings. The average Bonchev–Trinajstić information content (AvgIpc) is 2.93. The molecule has 0 amide bonds. The van der Waals surface area contributed by atoms with Crippen LogP contribution in [0.15, 0.2) is 22.6 Å². The van der Waals surface area contributed by atoms with E-state index in [1.165, 1.54) is 19.2 Å². The van der Waals surface area contributed by atoms with Gasteiger partial charge in [0, 0.05) is 17.7 Å². The van der Waals surface area contributed by atoms with Crippen LogP contribution in [0.25, 0.3) is 11.5 Å². The van der Waals surface area contributed by atoms with E-state index >= 15 is 0 Å². The number of ether oxygens (including phenoxy) is 1. The van der Waals surface area contributed by atoms with Crippen molar-refractivity contribution in [3.05, 3.63) is 34.2 Å². The van der Waals surface area contributed by atoms with E-state index in [-0.39, 0.29) is 11.4 Å². The van der Waals surface area contributed by atoms with Crippen LogP contribution in [0.3, 0.4) is 0 Å². The van der Waals surface area contributed by atoms with Gasteiger partial charge in [-0.05, 0) is 12.6 Å². The molecule has 0 aliphatic heterocycles. The second-order valence-electron chi connectivity index (χ2n) is 3.93. The van der Waals surface area contributed by atoms with Gasteiger partial charge in [0.2, 0.25) is 11.8 Å². The molecule has 0 bridgehead atoms. The molecule has 8 nitrogen and oxygen atoms in total. The molecule has 0 radical (unpaired) electrons. The van der Waals surface area contributed by atoms with E-state index in [0.717, 1.165) is 6.54 Å². The summed E-state index contributed by atoms with van der Waals surface area (Å²) in [5.74, 6) is 0.907. The van der Waals surface area contributed by atoms with Gasteiger partial charge in [0.1, 0.15) is 0 Å². The molecule has 106 valence electrons. The molecule has 20 heavy (non-hydrogen) atoms. The molecule has 0 fully saturated rings. The maximum absolute atomic E-state index is 10.8. The minimum Gasteiger partial charge on any atom is -0.490 e. The largest absolute Gasteiger partial charge is 0.490 e. The first-order chi connectivity index (χ1) is 9.65. The summed E-state index contributed by atoms with van der Waals surface area (Å²) in [6, 6.07) is 4.40. The summed E-state index contributed by atoms with van der Waals surface area (Å²) >= 11 is 0. The van der Waals surface area contributed by atoms with Gasteiger partial charge in [0.15, 0.2) is 5.75 Å². The number of nitro benzene ring substituents is 1. The summed E-state index contributed by atoms with van der Waals surface area (Å²) in [4.78, 5) is 10.3. The van der Waals surface area contributed by atoms with Gasteiger partial charge >= 0.3 is 5.69 Å². The van der Waals surface area contributed by atoms with Crippen LogP contribution in [0.2, 0.25) is 0 Å². The van der Waals surface area contributed by atoms with Crippen LogP contribution in [0, 0.1) is 10.1 Å². The lowest BCUT2D eigenvalue weighted by Crippen LogP contribution is -2.11. The Bertz CT molecular complexity index is 611. The van der Waals surface area contributed by atoms with Crippen LogP contribution >= 0.6 is 0 Å². The molecule has 1 aromatic carbocycles. The Hall–Kier alpha value is -2.48. The Kier molecular flexibility index (Phi) is 4.26. The highest BCUT2D eigenvalue weighted by atomic mass is 16.6. The first-order valence-electron chi connectivity index (χ1n) is 6.01. The summed E-state index contributed by atoms with van der Waals surface area (Å²) in [6.45, 7) is 3.25. The number of hydrogen-bond acceptors (Lipinski definition) is 7. The fraction of sp³-hybridized carbons (Fsp3) is 0.333. The van der Waals surface area contributed by atoms with Crippen molar-refractivity contribution in [2.24, 2.45) is 0 Å². The second-order valence-corrected chi connectivity index (χ2v) is 3.93. The average molecular weight is 278 g/mol. The summed E-state index contributed by atoms with van der Waals surface area (Å²) in [7, 11) is 1.37. The fourth-order valence-corrected chi connectivity index (χ4v) is 1.64. The zero-order chi connectivity index (χ0) is 14.5. The first-order valence-corrected chi connectivity index (χ1v) is 6.01. The number of nitro groups is 1. The van der Waals surface area contributed by atoms with E-state index in [1.54, 1.807) is 6.07 Å². The molecule has 1 N–H and O–H groups in total. The standard InChI is InChI=1S/C12H14N4O4/c1-3-13-7-11-14-15-12(20-11)8-4-5-9(16(17)18)10(6-8)19-2/h4-6,13H,3,7H2,1-2H3. The number of benzene rings is 1. The number of nitrogens with one attached hydrogen (secondary N) is 1. The Morgan fingerprint density at radius 3 is 2.90 bits per heavy atom. The third-order valence-electron chi connectivity index (χ3n) is 2.62. The van der Waals surface area contributed by atoms with Gasteiger partial charge in [-0.3, -0.25) is 10.1 Å². The smallest absolute Gasteiger partial charge is 0.310 e. The molecule has 0 saturated heterocycles. The maximum Gasteiger partial charge on any atom is 0.310 e. The fourth-order valence-electron chi connectivity index (χ4n) is 1.64. The quantitative estimate of drug-likeness (QED) is 0.634. The second kappa shape index (κ2) is 6.11. The minimum absolute atomic E-state index is 0.108. The molecule has 0 saturated carbocycles. The number of nitrogens with zero attached hydrogens (tertiary/aromatic N) is 3. The highest BCUT2D eigenvalue weighted by Crippen LogP contribution is 2.31.